The highest BCUT2D eigenvalue weighted by Crippen LogP contribution is 2.22. The van der Waals surface area contributed by atoms with Crippen molar-refractivity contribution in [3.63, 3.8) is 0 Å². The van der Waals surface area contributed by atoms with Crippen LogP contribution in [0.15, 0.2) is 29.3 Å². The maximum Gasteiger partial charge on any atom is 0.246 e. The van der Waals surface area contributed by atoms with Gasteiger partial charge in [-0.15, -0.1) is 0 Å². The minimum absolute atomic E-state index is 0.0211. The second-order valence-electron chi connectivity index (χ2n) is 23.6. The van der Waals surface area contributed by atoms with Crippen LogP contribution in [0.25, 0.3) is 0 Å². The Morgan fingerprint density at radius 2 is 1.32 bits per heavy atom. The van der Waals surface area contributed by atoms with Gasteiger partial charge < -0.3 is 84.3 Å². The van der Waals surface area contributed by atoms with E-state index >= 15 is 0 Å². The number of hydrogen-bond donors (Lipinski definition) is 11. The number of aliphatic imine (C=N–C) groups is 1. The van der Waals surface area contributed by atoms with Gasteiger partial charge in [0.15, 0.2) is 5.96 Å². The third-order valence-electron chi connectivity index (χ3n) is 15.6. The molecule has 30 heteroatoms. The summed E-state index contributed by atoms with van der Waals surface area (Å²) in [5.74, 6) is -7.36. The lowest BCUT2D eigenvalue weighted by atomic mass is 10.0. The van der Waals surface area contributed by atoms with Crippen LogP contribution < -0.4 is 54.8 Å². The van der Waals surface area contributed by atoms with Crippen LogP contribution in [0.5, 0.6) is 5.75 Å². The van der Waals surface area contributed by atoms with Gasteiger partial charge in [0, 0.05) is 59.0 Å². The molecule has 1 aromatic carbocycles. The Hall–Kier alpha value is -7.60. The monoisotopic (exact) mass is 1280 g/mol. The molecule has 2 saturated heterocycles. The Kier molecular flexibility index (Phi) is 33.6. The number of phenols is 1. The number of aromatic hydroxyl groups is 1. The molecule has 2 aliphatic heterocycles. The van der Waals surface area contributed by atoms with Gasteiger partial charge in [0.05, 0.1) is 30.8 Å². The number of aldehydes is 1. The van der Waals surface area contributed by atoms with Crippen molar-refractivity contribution in [2.24, 2.45) is 33.8 Å². The first kappa shape index (κ1) is 76.6. The highest BCUT2D eigenvalue weighted by molar-refractivity contribution is 7.99. The lowest BCUT2D eigenvalue weighted by molar-refractivity contribution is -0.144. The number of amides is 11. The van der Waals surface area contributed by atoms with Crippen molar-refractivity contribution in [2.45, 2.75) is 178 Å². The van der Waals surface area contributed by atoms with Crippen molar-refractivity contribution in [3.05, 3.63) is 29.8 Å². The van der Waals surface area contributed by atoms with E-state index in [0.29, 0.717) is 63.3 Å². The van der Waals surface area contributed by atoms with Crippen molar-refractivity contribution in [1.29, 1.82) is 0 Å². The lowest BCUT2D eigenvalue weighted by Gasteiger charge is -2.34. The van der Waals surface area contributed by atoms with E-state index in [9.17, 15) is 62.6 Å². The molecule has 0 radical (unpaired) electrons. The van der Waals surface area contributed by atoms with Crippen molar-refractivity contribution in [1.82, 2.24) is 56.4 Å². The minimum Gasteiger partial charge on any atom is -0.508 e. The van der Waals surface area contributed by atoms with Crippen molar-refractivity contribution in [2.75, 3.05) is 79.0 Å². The molecule has 2 fully saturated rings. The minimum atomic E-state index is -1.60. The number of nitrogens with one attached hydrogen (secondary N) is 6. The number of unbranched alkanes of at least 4 members (excludes halogenated alkanes) is 2. The number of likely N-dealkylation sites (N-methyl/N-ethyl adjacent to an activating group) is 3. The molecule has 0 saturated carbocycles. The maximum absolute atomic E-state index is 14.2. The molecule has 1 aromatic rings. The number of primary amides is 1. The van der Waals surface area contributed by atoms with Gasteiger partial charge in [-0.3, -0.25) is 62.6 Å². The molecule has 0 aliphatic carbocycles. The van der Waals surface area contributed by atoms with E-state index < -0.39 is 126 Å². The molecule has 2 heterocycles. The van der Waals surface area contributed by atoms with E-state index in [0.717, 1.165) is 40.8 Å². The van der Waals surface area contributed by atoms with Gasteiger partial charge >= 0.3 is 0 Å². The van der Waals surface area contributed by atoms with E-state index in [-0.39, 0.29) is 86.9 Å². The largest absolute Gasteiger partial charge is 0.508 e. The topological polar surface area (TPSA) is 430 Å². The zero-order valence-electron chi connectivity index (χ0n) is 53.7. The summed E-state index contributed by atoms with van der Waals surface area (Å²) in [5, 5.41) is 26.1. The van der Waals surface area contributed by atoms with Crippen LogP contribution >= 0.6 is 11.8 Å². The summed E-state index contributed by atoms with van der Waals surface area (Å²) in [6.07, 6.45) is 6.38. The molecule has 504 valence electrons. The predicted octanol–water partition coefficient (Wildman–Crippen LogP) is -2.08. The Balaban J connectivity index is 1.69. The Bertz CT molecular complexity index is 2610. The highest BCUT2D eigenvalue weighted by atomic mass is 32.2. The lowest BCUT2D eigenvalue weighted by Crippen LogP contribution is -2.60. The molecule has 15 N–H and O–H groups in total. The van der Waals surface area contributed by atoms with E-state index in [1.54, 1.807) is 19.2 Å². The number of carbonyl (C=O) groups is 12. The normalized spacial score (nSPS) is 16.9. The average molecular weight is 1290 g/mol. The third-order valence-corrected chi connectivity index (χ3v) is 16.6. The van der Waals surface area contributed by atoms with Gasteiger partial charge in [-0.25, -0.2) is 0 Å². The number of benzene rings is 1. The Labute approximate surface area is 532 Å². The summed E-state index contributed by atoms with van der Waals surface area (Å²) in [5.41, 5.74) is 23.1. The molecule has 2 aliphatic rings. The summed E-state index contributed by atoms with van der Waals surface area (Å²) in [4.78, 5) is 173. The standard InChI is InChI=1S/C60H100N16O13S/c1-9-11-18-46(74(8)59(89)48(72(5)6)19-12-10-2)54(84)69-41(17-13-25-66-60(63)64)52(82)65-26-29-90-36-51(81)68-43(31-38-21-23-40(78)24-22-38)56(86)73(7)34-50(80)67-44(32-49(62)79)58(88)76-28-15-20-47(76)55(85)71-45(33-61)53(83)70-42(30-37(3)4)57(87)75-27-14-16-39(75)35-77/h21-24,35,37,39,41-48,78H,9-20,25-34,36,61H2,1-8H3,(H2,62,79)(H,65,82)(H,67,80)(H,68,81)(H,69,84)(H,70,83)(H,71,85)(H4,63,64,66)/t39?,41-,42-,43-,44-,45-,46-,47?,48-/m0/s1. The fourth-order valence-corrected chi connectivity index (χ4v) is 11.4. The number of likely N-dealkylation sites (tertiary alicyclic amines) is 2. The summed E-state index contributed by atoms with van der Waals surface area (Å²) in [7, 11) is 6.54. The first-order valence-electron chi connectivity index (χ1n) is 31.1. The predicted molar refractivity (Wildman–Crippen MR) is 340 cm³/mol. The van der Waals surface area contributed by atoms with E-state index in [4.69, 9.17) is 22.9 Å². The van der Waals surface area contributed by atoms with Crippen LogP contribution in [0, 0.1) is 5.92 Å². The number of guanidine groups is 1. The highest BCUT2D eigenvalue weighted by Gasteiger charge is 2.41. The van der Waals surface area contributed by atoms with Crippen LogP contribution in [-0.4, -0.2) is 240 Å². The van der Waals surface area contributed by atoms with Gasteiger partial charge in [0.25, 0.3) is 0 Å². The second-order valence-corrected chi connectivity index (χ2v) is 24.7. The SMILES string of the molecule is CCCC[C@@H](C(=O)N(C)[C@@H](CCCC)C(=O)N[C@@H](CCCN=C(N)N)C(=O)NCCSCC(=O)N[C@@H](Cc1ccc(O)cc1)C(=O)N(C)CC(=O)N[C@@H](CC(N)=O)C(=O)N1CCCC1C(=O)N[C@@H](CN)C(=O)N[C@@H](CC(C)C)C(=O)N1CCCC1C=O)N(C)C. The number of hydrogen-bond acceptors (Lipinski definition) is 17. The van der Waals surface area contributed by atoms with E-state index in [2.05, 4.69) is 36.9 Å². The molecule has 29 nitrogen and oxygen atoms in total. The average Bonchev–Trinajstić information content (AvgIpc) is 3.02. The smallest absolute Gasteiger partial charge is 0.246 e. The fourth-order valence-electron chi connectivity index (χ4n) is 10.7. The molecular formula is C60H100N16O13S. The van der Waals surface area contributed by atoms with Crippen molar-refractivity contribution >= 4 is 89.0 Å². The molecule has 9 atom stereocenters. The molecule has 0 spiro atoms. The number of carbonyl (C=O) groups excluding carboxylic acids is 12. The van der Waals surface area contributed by atoms with Crippen LogP contribution in [0.1, 0.15) is 123 Å². The van der Waals surface area contributed by atoms with E-state index in [1.807, 2.05) is 46.7 Å². The van der Waals surface area contributed by atoms with Crippen molar-refractivity contribution in [3.8, 4) is 5.75 Å². The van der Waals surface area contributed by atoms with Crippen LogP contribution in [0.3, 0.4) is 0 Å². The number of thioether (sulfide) groups is 1. The maximum atomic E-state index is 14.2. The number of nitrogens with two attached hydrogens (primary N) is 4. The number of rotatable bonds is 40. The Morgan fingerprint density at radius 1 is 0.711 bits per heavy atom. The zero-order chi connectivity index (χ0) is 67.2. The third kappa shape index (κ3) is 25.4. The van der Waals surface area contributed by atoms with Gasteiger partial charge in [-0.2, -0.15) is 11.8 Å². The fraction of sp³-hybridized carbons (Fsp3) is 0.683. The molecule has 11 amide bonds. The van der Waals surface area contributed by atoms with Gasteiger partial charge in [0.1, 0.15) is 54.3 Å². The number of phenolic OH excluding ortho intramolecular Hbond substituents is 1. The van der Waals surface area contributed by atoms with Crippen LogP contribution in [-0.2, 0) is 64.0 Å². The van der Waals surface area contributed by atoms with Gasteiger partial charge in [-0.1, -0.05) is 65.5 Å². The van der Waals surface area contributed by atoms with Gasteiger partial charge in [0.2, 0.25) is 65.0 Å². The molecule has 0 bridgehead atoms. The molecule has 90 heavy (non-hydrogen) atoms. The first-order valence-corrected chi connectivity index (χ1v) is 32.2. The molecule has 3 rings (SSSR count). The summed E-state index contributed by atoms with van der Waals surface area (Å²) < 4.78 is 0. The van der Waals surface area contributed by atoms with Crippen molar-refractivity contribution < 1.29 is 62.6 Å². The summed E-state index contributed by atoms with van der Waals surface area (Å²) in [6.45, 7) is 7.31. The quantitative estimate of drug-likeness (QED) is 0.0145. The van der Waals surface area contributed by atoms with E-state index in [1.165, 1.54) is 29.0 Å². The van der Waals surface area contributed by atoms with Gasteiger partial charge in [-0.05, 0) is 95.5 Å². The van der Waals surface area contributed by atoms with Crippen LogP contribution in [0.4, 0.5) is 0 Å². The van der Waals surface area contributed by atoms with Crippen LogP contribution in [0.2, 0.25) is 0 Å². The first-order chi connectivity index (χ1) is 42.7. The molecule has 2 unspecified atom stereocenters. The molecular weight excluding hydrogens is 1180 g/mol. The summed E-state index contributed by atoms with van der Waals surface area (Å²) >= 11 is 1.13. The molecule has 0 aromatic heterocycles. The Morgan fingerprint density at radius 3 is 1.92 bits per heavy atom. The number of nitrogens with zero attached hydrogens (tertiary/aromatic N) is 6. The summed E-state index contributed by atoms with van der Waals surface area (Å²) in [6, 6.07) is -3.43. The second kappa shape index (κ2) is 39.5. The zero-order valence-corrected chi connectivity index (χ0v) is 54.5.